The Morgan fingerprint density at radius 3 is 2.37 bits per heavy atom. The molecule has 0 bridgehead atoms. The summed E-state index contributed by atoms with van der Waals surface area (Å²) in [5.41, 5.74) is 1.31. The highest BCUT2D eigenvalue weighted by atomic mass is 16.5. The Morgan fingerprint density at radius 2 is 1.89 bits per heavy atom. The highest BCUT2D eigenvalue weighted by Crippen LogP contribution is 2.34. The van der Waals surface area contributed by atoms with Gasteiger partial charge in [0, 0.05) is 18.6 Å². The number of nitrogens with one attached hydrogen (secondary N) is 1. The summed E-state index contributed by atoms with van der Waals surface area (Å²) in [5, 5.41) is 3.66. The van der Waals surface area contributed by atoms with E-state index < -0.39 is 0 Å². The van der Waals surface area contributed by atoms with Gasteiger partial charge < -0.3 is 15.0 Å². The Kier molecular flexibility index (Phi) is 4.83. The van der Waals surface area contributed by atoms with Gasteiger partial charge in [0.15, 0.2) is 0 Å². The SMILES string of the molecule is COc1ccc([C@H](C)NC[C@H](C2CC2)N(C)C)cc1. The monoisotopic (exact) mass is 262 g/mol. The van der Waals surface area contributed by atoms with Crippen LogP contribution in [0.4, 0.5) is 0 Å². The fourth-order valence-electron chi connectivity index (χ4n) is 2.56. The van der Waals surface area contributed by atoms with Crippen LogP contribution in [0.3, 0.4) is 0 Å². The highest BCUT2D eigenvalue weighted by Gasteiger charge is 2.32. The standard InChI is InChI=1S/C16H26N2O/c1-12(13-7-9-15(19-4)10-8-13)17-11-16(18(2)3)14-5-6-14/h7-10,12,14,16-17H,5-6,11H2,1-4H3/t12-,16+/m0/s1. The average molecular weight is 262 g/mol. The molecule has 0 unspecified atom stereocenters. The number of hydrogen-bond acceptors (Lipinski definition) is 3. The number of rotatable bonds is 7. The zero-order valence-corrected chi connectivity index (χ0v) is 12.5. The molecule has 0 amide bonds. The third-order valence-corrected chi connectivity index (χ3v) is 4.08. The molecule has 1 fully saturated rings. The van der Waals surface area contributed by atoms with Gasteiger partial charge in [-0.05, 0) is 57.5 Å². The number of likely N-dealkylation sites (N-methyl/N-ethyl adjacent to an activating group) is 1. The molecule has 2 atom stereocenters. The van der Waals surface area contributed by atoms with Crippen molar-refractivity contribution in [1.29, 1.82) is 0 Å². The van der Waals surface area contributed by atoms with Crippen LogP contribution < -0.4 is 10.1 Å². The predicted molar refractivity (Wildman–Crippen MR) is 79.6 cm³/mol. The topological polar surface area (TPSA) is 24.5 Å². The van der Waals surface area contributed by atoms with E-state index in [1.165, 1.54) is 18.4 Å². The summed E-state index contributed by atoms with van der Waals surface area (Å²) in [6, 6.07) is 9.37. The Balaban J connectivity index is 1.87. The summed E-state index contributed by atoms with van der Waals surface area (Å²) in [4.78, 5) is 2.35. The first-order chi connectivity index (χ1) is 9.11. The van der Waals surface area contributed by atoms with Gasteiger partial charge in [-0.3, -0.25) is 0 Å². The maximum absolute atomic E-state index is 5.19. The van der Waals surface area contributed by atoms with Crippen LogP contribution in [0.15, 0.2) is 24.3 Å². The molecule has 0 aromatic heterocycles. The van der Waals surface area contributed by atoms with E-state index in [0.29, 0.717) is 12.1 Å². The molecule has 1 aliphatic rings. The van der Waals surface area contributed by atoms with Crippen molar-refractivity contribution in [2.45, 2.75) is 31.8 Å². The zero-order chi connectivity index (χ0) is 13.8. The Morgan fingerprint density at radius 1 is 1.26 bits per heavy atom. The largest absolute Gasteiger partial charge is 0.497 e. The Hall–Kier alpha value is -1.06. The van der Waals surface area contributed by atoms with Crippen molar-refractivity contribution < 1.29 is 4.74 Å². The minimum absolute atomic E-state index is 0.382. The van der Waals surface area contributed by atoms with Crippen LogP contribution in [0, 0.1) is 5.92 Å². The van der Waals surface area contributed by atoms with Gasteiger partial charge in [-0.2, -0.15) is 0 Å². The Bertz CT molecular complexity index is 382. The van der Waals surface area contributed by atoms with Gasteiger partial charge in [-0.1, -0.05) is 12.1 Å². The molecule has 1 aromatic carbocycles. The lowest BCUT2D eigenvalue weighted by Crippen LogP contribution is -2.40. The molecule has 0 spiro atoms. The van der Waals surface area contributed by atoms with Crippen LogP contribution >= 0.6 is 0 Å². The molecule has 0 saturated heterocycles. The summed E-state index contributed by atoms with van der Waals surface area (Å²) >= 11 is 0. The molecular formula is C16H26N2O. The van der Waals surface area contributed by atoms with Crippen molar-refractivity contribution in [3.63, 3.8) is 0 Å². The normalized spacial score (nSPS) is 18.4. The smallest absolute Gasteiger partial charge is 0.118 e. The fourth-order valence-corrected chi connectivity index (χ4v) is 2.56. The molecule has 1 saturated carbocycles. The molecule has 3 nitrogen and oxygen atoms in total. The van der Waals surface area contributed by atoms with Gasteiger partial charge in [0.1, 0.15) is 5.75 Å². The second kappa shape index (κ2) is 6.40. The number of methoxy groups -OCH3 is 1. The second-order valence-electron chi connectivity index (χ2n) is 5.77. The van der Waals surface area contributed by atoms with Gasteiger partial charge in [-0.25, -0.2) is 0 Å². The molecule has 1 N–H and O–H groups in total. The highest BCUT2D eigenvalue weighted by molar-refractivity contribution is 5.28. The molecule has 1 aromatic rings. The van der Waals surface area contributed by atoms with Crippen molar-refractivity contribution in [1.82, 2.24) is 10.2 Å². The summed E-state index contributed by atoms with van der Waals surface area (Å²) in [6.45, 7) is 3.28. The van der Waals surface area contributed by atoms with E-state index in [0.717, 1.165) is 18.2 Å². The van der Waals surface area contributed by atoms with Gasteiger partial charge in [0.2, 0.25) is 0 Å². The van der Waals surface area contributed by atoms with E-state index >= 15 is 0 Å². The van der Waals surface area contributed by atoms with Crippen LogP contribution in [0.25, 0.3) is 0 Å². The zero-order valence-electron chi connectivity index (χ0n) is 12.5. The first-order valence-corrected chi connectivity index (χ1v) is 7.15. The van der Waals surface area contributed by atoms with Gasteiger partial charge in [0.25, 0.3) is 0 Å². The predicted octanol–water partition coefficient (Wildman–Crippen LogP) is 2.69. The quantitative estimate of drug-likeness (QED) is 0.817. The molecule has 3 heteroatoms. The van der Waals surface area contributed by atoms with Gasteiger partial charge >= 0.3 is 0 Å². The number of benzene rings is 1. The molecular weight excluding hydrogens is 236 g/mol. The van der Waals surface area contributed by atoms with E-state index in [1.54, 1.807) is 7.11 Å². The average Bonchev–Trinajstić information content (AvgIpc) is 3.23. The summed E-state index contributed by atoms with van der Waals surface area (Å²) in [5.74, 6) is 1.81. The van der Waals surface area contributed by atoms with E-state index in [-0.39, 0.29) is 0 Å². The molecule has 2 rings (SSSR count). The van der Waals surface area contributed by atoms with Gasteiger partial charge in [-0.15, -0.1) is 0 Å². The second-order valence-corrected chi connectivity index (χ2v) is 5.77. The summed E-state index contributed by atoms with van der Waals surface area (Å²) < 4.78 is 5.19. The first kappa shape index (κ1) is 14.4. The maximum Gasteiger partial charge on any atom is 0.118 e. The minimum Gasteiger partial charge on any atom is -0.497 e. The first-order valence-electron chi connectivity index (χ1n) is 7.15. The third-order valence-electron chi connectivity index (χ3n) is 4.08. The van der Waals surface area contributed by atoms with Crippen molar-refractivity contribution >= 4 is 0 Å². The summed E-state index contributed by atoms with van der Waals surface area (Å²) in [7, 11) is 6.07. The number of hydrogen-bond donors (Lipinski definition) is 1. The van der Waals surface area contributed by atoms with Crippen LogP contribution in [-0.2, 0) is 0 Å². The van der Waals surface area contributed by atoms with E-state index in [2.05, 4.69) is 43.4 Å². The lowest BCUT2D eigenvalue weighted by molar-refractivity contribution is 0.250. The lowest BCUT2D eigenvalue weighted by atomic mass is 10.1. The molecule has 106 valence electrons. The maximum atomic E-state index is 5.19. The molecule has 0 heterocycles. The Labute approximate surface area is 116 Å². The molecule has 19 heavy (non-hydrogen) atoms. The van der Waals surface area contributed by atoms with Crippen molar-refractivity contribution in [3.8, 4) is 5.75 Å². The van der Waals surface area contributed by atoms with Gasteiger partial charge in [0.05, 0.1) is 7.11 Å². The van der Waals surface area contributed by atoms with Crippen molar-refractivity contribution in [2.24, 2.45) is 5.92 Å². The molecule has 0 radical (unpaired) electrons. The van der Waals surface area contributed by atoms with Crippen LogP contribution in [-0.4, -0.2) is 38.7 Å². The van der Waals surface area contributed by atoms with Crippen LogP contribution in [0.5, 0.6) is 5.75 Å². The van der Waals surface area contributed by atoms with Crippen molar-refractivity contribution in [2.75, 3.05) is 27.7 Å². The van der Waals surface area contributed by atoms with Crippen LogP contribution in [0.2, 0.25) is 0 Å². The molecule has 0 aliphatic heterocycles. The number of nitrogens with zero attached hydrogens (tertiary/aromatic N) is 1. The fraction of sp³-hybridized carbons (Fsp3) is 0.625. The lowest BCUT2D eigenvalue weighted by Gasteiger charge is -2.26. The van der Waals surface area contributed by atoms with E-state index in [1.807, 2.05) is 12.1 Å². The van der Waals surface area contributed by atoms with Crippen molar-refractivity contribution in [3.05, 3.63) is 29.8 Å². The minimum atomic E-state index is 0.382. The van der Waals surface area contributed by atoms with Crippen LogP contribution in [0.1, 0.15) is 31.4 Å². The third kappa shape index (κ3) is 3.95. The van der Waals surface area contributed by atoms with E-state index in [9.17, 15) is 0 Å². The van der Waals surface area contributed by atoms with E-state index in [4.69, 9.17) is 4.74 Å². The summed E-state index contributed by atoms with van der Waals surface area (Å²) in [6.07, 6.45) is 2.78. The molecule has 1 aliphatic carbocycles. The number of ether oxygens (including phenoxy) is 1.